The zero-order valence-corrected chi connectivity index (χ0v) is 12.4. The SMILES string of the molecule is COc1ccc(CN2C(=O)N[C@H](CC(C)C)C2=O)cc1F. The molecule has 5 nitrogen and oxygen atoms in total. The van der Waals surface area contributed by atoms with E-state index < -0.39 is 17.9 Å². The van der Waals surface area contributed by atoms with Crippen LogP contribution in [0.5, 0.6) is 5.75 Å². The highest BCUT2D eigenvalue weighted by Gasteiger charge is 2.37. The molecule has 1 heterocycles. The molecule has 6 heteroatoms. The summed E-state index contributed by atoms with van der Waals surface area (Å²) in [6.07, 6.45) is 0.595. The quantitative estimate of drug-likeness (QED) is 0.848. The maximum absolute atomic E-state index is 13.6. The predicted octanol–water partition coefficient (Wildman–Crippen LogP) is 2.30. The second-order valence-corrected chi connectivity index (χ2v) is 5.52. The fourth-order valence-electron chi connectivity index (χ4n) is 2.35. The Morgan fingerprint density at radius 2 is 2.10 bits per heavy atom. The molecule has 114 valence electrons. The van der Waals surface area contributed by atoms with Crippen LogP contribution in [0.1, 0.15) is 25.8 Å². The van der Waals surface area contributed by atoms with Crippen LogP contribution in [-0.2, 0) is 11.3 Å². The van der Waals surface area contributed by atoms with E-state index in [1.54, 1.807) is 6.07 Å². The molecule has 0 bridgehead atoms. The largest absolute Gasteiger partial charge is 0.494 e. The normalized spacial score (nSPS) is 18.3. The lowest BCUT2D eigenvalue weighted by molar-refractivity contribution is -0.128. The van der Waals surface area contributed by atoms with Crippen LogP contribution >= 0.6 is 0 Å². The summed E-state index contributed by atoms with van der Waals surface area (Å²) in [5.41, 5.74) is 0.544. The minimum absolute atomic E-state index is 0.0557. The fourth-order valence-corrected chi connectivity index (χ4v) is 2.35. The molecule has 0 radical (unpaired) electrons. The van der Waals surface area contributed by atoms with Crippen LogP contribution in [-0.4, -0.2) is 30.0 Å². The predicted molar refractivity (Wildman–Crippen MR) is 75.3 cm³/mol. The van der Waals surface area contributed by atoms with E-state index in [-0.39, 0.29) is 18.2 Å². The zero-order chi connectivity index (χ0) is 15.6. The van der Waals surface area contributed by atoms with Gasteiger partial charge >= 0.3 is 6.03 Å². The number of rotatable bonds is 5. The minimum atomic E-state index is -0.513. The summed E-state index contributed by atoms with van der Waals surface area (Å²) in [4.78, 5) is 25.2. The van der Waals surface area contributed by atoms with E-state index in [4.69, 9.17) is 4.74 Å². The smallest absolute Gasteiger partial charge is 0.325 e. The molecule has 1 aromatic rings. The Hall–Kier alpha value is -2.11. The van der Waals surface area contributed by atoms with Gasteiger partial charge in [0.1, 0.15) is 6.04 Å². The molecule has 0 unspecified atom stereocenters. The van der Waals surface area contributed by atoms with Gasteiger partial charge in [-0.1, -0.05) is 19.9 Å². The summed E-state index contributed by atoms with van der Waals surface area (Å²) >= 11 is 0. The number of benzene rings is 1. The van der Waals surface area contributed by atoms with Crippen molar-refractivity contribution in [3.8, 4) is 5.75 Å². The summed E-state index contributed by atoms with van der Waals surface area (Å²) in [5.74, 6) is -0.336. The topological polar surface area (TPSA) is 58.6 Å². The number of hydrogen-bond donors (Lipinski definition) is 1. The van der Waals surface area contributed by atoms with Gasteiger partial charge in [-0.3, -0.25) is 9.69 Å². The number of halogens is 1. The first-order valence-electron chi connectivity index (χ1n) is 6.86. The number of nitrogens with one attached hydrogen (secondary N) is 1. The van der Waals surface area contributed by atoms with Gasteiger partial charge in [0.2, 0.25) is 0 Å². The number of nitrogens with zero attached hydrogens (tertiary/aromatic N) is 1. The first-order chi connectivity index (χ1) is 9.92. The van der Waals surface area contributed by atoms with Crippen molar-refractivity contribution in [1.82, 2.24) is 10.2 Å². The van der Waals surface area contributed by atoms with Crippen molar-refractivity contribution in [2.45, 2.75) is 32.9 Å². The van der Waals surface area contributed by atoms with E-state index >= 15 is 0 Å². The van der Waals surface area contributed by atoms with Crippen molar-refractivity contribution in [2.24, 2.45) is 5.92 Å². The minimum Gasteiger partial charge on any atom is -0.494 e. The van der Waals surface area contributed by atoms with E-state index in [2.05, 4.69) is 5.32 Å². The number of ether oxygens (including phenoxy) is 1. The first-order valence-corrected chi connectivity index (χ1v) is 6.86. The first kappa shape index (κ1) is 15.3. The van der Waals surface area contributed by atoms with Gasteiger partial charge < -0.3 is 10.1 Å². The molecule has 0 spiro atoms. The maximum Gasteiger partial charge on any atom is 0.325 e. The second kappa shape index (κ2) is 6.11. The van der Waals surface area contributed by atoms with E-state index in [0.29, 0.717) is 17.9 Å². The van der Waals surface area contributed by atoms with Gasteiger partial charge in [-0.15, -0.1) is 0 Å². The van der Waals surface area contributed by atoms with Crippen LogP contribution in [0, 0.1) is 11.7 Å². The third-order valence-corrected chi connectivity index (χ3v) is 3.37. The Balaban J connectivity index is 2.10. The maximum atomic E-state index is 13.6. The van der Waals surface area contributed by atoms with E-state index in [9.17, 15) is 14.0 Å². The number of hydrogen-bond acceptors (Lipinski definition) is 3. The summed E-state index contributed by atoms with van der Waals surface area (Å²) < 4.78 is 18.5. The Morgan fingerprint density at radius 1 is 1.38 bits per heavy atom. The van der Waals surface area contributed by atoms with Gasteiger partial charge in [-0.05, 0) is 30.0 Å². The van der Waals surface area contributed by atoms with Gasteiger partial charge in [-0.25, -0.2) is 9.18 Å². The molecule has 1 aromatic carbocycles. The Labute approximate surface area is 123 Å². The average Bonchev–Trinajstić information content (AvgIpc) is 2.66. The average molecular weight is 294 g/mol. The van der Waals surface area contributed by atoms with E-state index in [1.165, 1.54) is 19.2 Å². The molecule has 1 N–H and O–H groups in total. The molecule has 3 amide bonds. The Kier molecular flexibility index (Phi) is 4.45. The monoisotopic (exact) mass is 294 g/mol. The molecule has 1 aliphatic heterocycles. The van der Waals surface area contributed by atoms with Crippen LogP contribution in [0.2, 0.25) is 0 Å². The lowest BCUT2D eigenvalue weighted by Gasteiger charge is -2.14. The number of amides is 3. The van der Waals surface area contributed by atoms with Gasteiger partial charge in [0.05, 0.1) is 13.7 Å². The Bertz CT molecular complexity index is 560. The molecular formula is C15H19FN2O3. The highest BCUT2D eigenvalue weighted by molar-refractivity contribution is 6.04. The van der Waals surface area contributed by atoms with Crippen molar-refractivity contribution < 1.29 is 18.7 Å². The van der Waals surface area contributed by atoms with Crippen LogP contribution in [0.15, 0.2) is 18.2 Å². The molecule has 0 aromatic heterocycles. The van der Waals surface area contributed by atoms with Gasteiger partial charge in [0.15, 0.2) is 11.6 Å². The lowest BCUT2D eigenvalue weighted by atomic mass is 10.0. The number of urea groups is 1. The molecule has 0 aliphatic carbocycles. The van der Waals surface area contributed by atoms with Crippen molar-refractivity contribution in [2.75, 3.05) is 7.11 Å². The van der Waals surface area contributed by atoms with Crippen molar-refractivity contribution in [1.29, 1.82) is 0 Å². The second-order valence-electron chi connectivity index (χ2n) is 5.52. The third kappa shape index (κ3) is 3.32. The van der Waals surface area contributed by atoms with Crippen LogP contribution < -0.4 is 10.1 Å². The van der Waals surface area contributed by atoms with E-state index in [1.807, 2.05) is 13.8 Å². The number of carbonyl (C=O) groups excluding carboxylic acids is 2. The number of imide groups is 1. The van der Waals surface area contributed by atoms with Crippen molar-refractivity contribution in [3.05, 3.63) is 29.6 Å². The molecule has 1 saturated heterocycles. The zero-order valence-electron chi connectivity index (χ0n) is 12.4. The van der Waals surface area contributed by atoms with E-state index in [0.717, 1.165) is 4.90 Å². The molecular weight excluding hydrogens is 275 g/mol. The van der Waals surface area contributed by atoms with Gasteiger partial charge in [0, 0.05) is 0 Å². The highest BCUT2D eigenvalue weighted by Crippen LogP contribution is 2.21. The molecule has 21 heavy (non-hydrogen) atoms. The summed E-state index contributed by atoms with van der Waals surface area (Å²) in [6, 6.07) is 3.48. The van der Waals surface area contributed by atoms with Crippen LogP contribution in [0.3, 0.4) is 0 Å². The van der Waals surface area contributed by atoms with Crippen LogP contribution in [0.4, 0.5) is 9.18 Å². The van der Waals surface area contributed by atoms with Crippen molar-refractivity contribution >= 4 is 11.9 Å². The van der Waals surface area contributed by atoms with Crippen LogP contribution in [0.25, 0.3) is 0 Å². The molecule has 0 saturated carbocycles. The summed E-state index contributed by atoms with van der Waals surface area (Å²) in [7, 11) is 1.38. The number of methoxy groups -OCH3 is 1. The van der Waals surface area contributed by atoms with Gasteiger partial charge in [-0.2, -0.15) is 0 Å². The fraction of sp³-hybridized carbons (Fsp3) is 0.467. The highest BCUT2D eigenvalue weighted by atomic mass is 19.1. The molecule has 1 aliphatic rings. The lowest BCUT2D eigenvalue weighted by Crippen LogP contribution is -2.31. The summed E-state index contributed by atoms with van der Waals surface area (Å²) in [6.45, 7) is 4.03. The standard InChI is InChI=1S/C15H19FN2O3/c1-9(2)6-12-14(19)18(15(20)17-12)8-10-4-5-13(21-3)11(16)7-10/h4-5,7,9,12H,6,8H2,1-3H3,(H,17,20)/t12-/m1/s1. The van der Waals surface area contributed by atoms with Gasteiger partial charge in [0.25, 0.3) is 5.91 Å². The molecule has 1 fully saturated rings. The Morgan fingerprint density at radius 3 is 2.67 bits per heavy atom. The number of carbonyl (C=O) groups is 2. The third-order valence-electron chi connectivity index (χ3n) is 3.37. The molecule has 1 atom stereocenters. The molecule has 2 rings (SSSR count). The summed E-state index contributed by atoms with van der Waals surface area (Å²) in [5, 5.41) is 2.66. The van der Waals surface area contributed by atoms with Crippen molar-refractivity contribution in [3.63, 3.8) is 0 Å².